The fourth-order valence-corrected chi connectivity index (χ4v) is 3.50. The van der Waals surface area contributed by atoms with Crippen LogP contribution in [0.25, 0.3) is 0 Å². The molecule has 0 spiro atoms. The van der Waals surface area contributed by atoms with Gasteiger partial charge in [0.2, 0.25) is 5.91 Å². The summed E-state index contributed by atoms with van der Waals surface area (Å²) in [5, 5.41) is 9.78. The van der Waals surface area contributed by atoms with Gasteiger partial charge in [-0.2, -0.15) is 5.10 Å². The minimum atomic E-state index is -0.487. The largest absolute Gasteiger partial charge is 0.324 e. The number of hydrogen-bond donors (Lipinski definition) is 2. The molecule has 1 heterocycles. The van der Waals surface area contributed by atoms with E-state index in [4.69, 9.17) is 0 Å². The van der Waals surface area contributed by atoms with Gasteiger partial charge in [-0.15, -0.1) is 0 Å². The van der Waals surface area contributed by atoms with E-state index in [1.165, 1.54) is 22.9 Å². The molecule has 0 fully saturated rings. The summed E-state index contributed by atoms with van der Waals surface area (Å²) in [6.45, 7) is 1.74. The Balaban J connectivity index is 1.37. The Bertz CT molecular complexity index is 1210. The van der Waals surface area contributed by atoms with Crippen LogP contribution in [-0.4, -0.2) is 26.6 Å². The zero-order valence-electron chi connectivity index (χ0n) is 18.3. The number of nitrogens with zero attached hydrogens (tertiary/aromatic N) is 3. The molecule has 0 radical (unpaired) electrons. The van der Waals surface area contributed by atoms with Crippen molar-refractivity contribution in [2.24, 2.45) is 0 Å². The number of rotatable bonds is 8. The zero-order chi connectivity index (χ0) is 23.0. The molecule has 7 nitrogen and oxygen atoms in total. The lowest BCUT2D eigenvalue weighted by Crippen LogP contribution is -2.24. The Kier molecular flexibility index (Phi) is 6.90. The van der Waals surface area contributed by atoms with Gasteiger partial charge in [0.05, 0.1) is 0 Å². The highest BCUT2D eigenvalue weighted by Crippen LogP contribution is 2.18. The quantitative estimate of drug-likeness (QED) is 0.423. The molecule has 3 aromatic carbocycles. The van der Waals surface area contributed by atoms with Crippen LogP contribution in [0.15, 0.2) is 91.5 Å². The highest BCUT2D eigenvalue weighted by molar-refractivity contribution is 6.05. The van der Waals surface area contributed by atoms with E-state index < -0.39 is 6.04 Å². The topological polar surface area (TPSA) is 88.9 Å². The average Bonchev–Trinajstić information content (AvgIpc) is 3.39. The van der Waals surface area contributed by atoms with E-state index in [0.29, 0.717) is 16.9 Å². The van der Waals surface area contributed by atoms with Crippen LogP contribution in [0.4, 0.5) is 11.4 Å². The molecule has 4 rings (SSSR count). The number of carbonyl (C=O) groups is 2. The van der Waals surface area contributed by atoms with Gasteiger partial charge in [0.15, 0.2) is 0 Å². The van der Waals surface area contributed by atoms with Crippen LogP contribution in [-0.2, 0) is 17.6 Å². The summed E-state index contributed by atoms with van der Waals surface area (Å²) in [4.78, 5) is 29.2. The molecule has 4 aromatic rings. The molecule has 1 unspecified atom stereocenters. The molecule has 0 aliphatic rings. The SMILES string of the molecule is CC(C(=O)Nc1ccc(NC(=O)c2ccccc2CCc2ccccc2)cc1)n1cncn1. The Morgan fingerprint density at radius 1 is 0.848 bits per heavy atom. The number of nitrogens with one attached hydrogen (secondary N) is 2. The van der Waals surface area contributed by atoms with Crippen LogP contribution in [0.2, 0.25) is 0 Å². The summed E-state index contributed by atoms with van der Waals surface area (Å²) in [6.07, 6.45) is 4.54. The first-order chi connectivity index (χ1) is 16.1. The third-order valence-corrected chi connectivity index (χ3v) is 5.41. The van der Waals surface area contributed by atoms with Crippen LogP contribution >= 0.6 is 0 Å². The average molecular weight is 440 g/mol. The van der Waals surface area contributed by atoms with E-state index in [2.05, 4.69) is 32.8 Å². The van der Waals surface area contributed by atoms with Gasteiger partial charge in [-0.05, 0) is 61.2 Å². The maximum absolute atomic E-state index is 12.9. The molecule has 0 saturated heterocycles. The first-order valence-corrected chi connectivity index (χ1v) is 10.8. The summed E-state index contributed by atoms with van der Waals surface area (Å²) >= 11 is 0. The fourth-order valence-electron chi connectivity index (χ4n) is 3.50. The van der Waals surface area contributed by atoms with Crippen molar-refractivity contribution in [3.8, 4) is 0 Å². The van der Waals surface area contributed by atoms with Crippen LogP contribution < -0.4 is 10.6 Å². The predicted molar refractivity (Wildman–Crippen MR) is 128 cm³/mol. The van der Waals surface area contributed by atoms with Crippen LogP contribution in [0, 0.1) is 0 Å². The first-order valence-electron chi connectivity index (χ1n) is 10.8. The van der Waals surface area contributed by atoms with Crippen molar-refractivity contribution in [1.82, 2.24) is 14.8 Å². The molecule has 0 aliphatic heterocycles. The highest BCUT2D eigenvalue weighted by atomic mass is 16.2. The number of carbonyl (C=O) groups excluding carboxylic acids is 2. The minimum absolute atomic E-state index is 0.157. The van der Waals surface area contributed by atoms with E-state index in [9.17, 15) is 9.59 Å². The summed E-state index contributed by atoms with van der Waals surface area (Å²) in [5.41, 5.74) is 4.19. The smallest absolute Gasteiger partial charge is 0.255 e. The summed E-state index contributed by atoms with van der Waals surface area (Å²) in [6, 6.07) is 24.4. The van der Waals surface area contributed by atoms with E-state index in [1.54, 1.807) is 31.2 Å². The highest BCUT2D eigenvalue weighted by Gasteiger charge is 2.16. The van der Waals surface area contributed by atoms with Gasteiger partial charge in [-0.3, -0.25) is 9.59 Å². The van der Waals surface area contributed by atoms with Gasteiger partial charge in [0, 0.05) is 16.9 Å². The maximum atomic E-state index is 12.9. The molecule has 166 valence electrons. The molecule has 2 N–H and O–H groups in total. The van der Waals surface area contributed by atoms with Crippen molar-refractivity contribution in [2.75, 3.05) is 10.6 Å². The predicted octanol–water partition coefficient (Wildman–Crippen LogP) is 4.52. The molecule has 2 amide bonds. The summed E-state index contributed by atoms with van der Waals surface area (Å²) in [7, 11) is 0. The first kappa shape index (κ1) is 22.0. The number of benzene rings is 3. The van der Waals surface area contributed by atoms with Crippen LogP contribution in [0.5, 0.6) is 0 Å². The lowest BCUT2D eigenvalue weighted by molar-refractivity contribution is -0.119. The van der Waals surface area contributed by atoms with Gasteiger partial charge in [0.1, 0.15) is 18.7 Å². The molecule has 33 heavy (non-hydrogen) atoms. The Morgan fingerprint density at radius 2 is 1.52 bits per heavy atom. The molecule has 7 heteroatoms. The van der Waals surface area contributed by atoms with Crippen molar-refractivity contribution in [3.05, 3.63) is 108 Å². The summed E-state index contributed by atoms with van der Waals surface area (Å²) < 4.78 is 1.49. The summed E-state index contributed by atoms with van der Waals surface area (Å²) in [5.74, 6) is -0.361. The van der Waals surface area contributed by atoms with Crippen molar-refractivity contribution in [3.63, 3.8) is 0 Å². The monoisotopic (exact) mass is 439 g/mol. The number of hydrogen-bond acceptors (Lipinski definition) is 4. The standard InChI is InChI=1S/C26H25N5O2/c1-19(31-18-27-17-28-31)25(32)29-22-13-15-23(16-14-22)30-26(33)24-10-6-5-9-21(24)12-11-20-7-3-2-4-8-20/h2-10,13-19H,11-12H2,1H3,(H,29,32)(H,30,33). The number of anilines is 2. The van der Waals surface area contributed by atoms with Crippen molar-refractivity contribution in [2.45, 2.75) is 25.8 Å². The number of aryl methyl sites for hydroxylation is 2. The molecule has 0 saturated carbocycles. The lowest BCUT2D eigenvalue weighted by Gasteiger charge is -2.13. The van der Waals surface area contributed by atoms with E-state index >= 15 is 0 Å². The second-order valence-corrected chi connectivity index (χ2v) is 7.71. The second kappa shape index (κ2) is 10.4. The molecule has 0 bridgehead atoms. The third-order valence-electron chi connectivity index (χ3n) is 5.41. The second-order valence-electron chi connectivity index (χ2n) is 7.71. The number of amides is 2. The Morgan fingerprint density at radius 3 is 2.21 bits per heavy atom. The van der Waals surface area contributed by atoms with Gasteiger partial charge >= 0.3 is 0 Å². The van der Waals surface area contributed by atoms with Gasteiger partial charge in [-0.1, -0.05) is 48.5 Å². The molecular weight excluding hydrogens is 414 g/mol. The van der Waals surface area contributed by atoms with E-state index in [-0.39, 0.29) is 11.8 Å². The lowest BCUT2D eigenvalue weighted by atomic mass is 9.99. The number of aromatic nitrogens is 3. The van der Waals surface area contributed by atoms with Crippen molar-refractivity contribution >= 4 is 23.2 Å². The zero-order valence-corrected chi connectivity index (χ0v) is 18.3. The van der Waals surface area contributed by atoms with Gasteiger partial charge in [-0.25, -0.2) is 9.67 Å². The van der Waals surface area contributed by atoms with Gasteiger partial charge in [0.25, 0.3) is 5.91 Å². The molecule has 1 aromatic heterocycles. The fraction of sp³-hybridized carbons (Fsp3) is 0.154. The molecule has 0 aliphatic carbocycles. The van der Waals surface area contributed by atoms with Gasteiger partial charge < -0.3 is 10.6 Å². The molecular formula is C26H25N5O2. The van der Waals surface area contributed by atoms with E-state index in [0.717, 1.165) is 18.4 Å². The minimum Gasteiger partial charge on any atom is -0.324 e. The van der Waals surface area contributed by atoms with Crippen LogP contribution in [0.1, 0.15) is 34.5 Å². The van der Waals surface area contributed by atoms with Crippen LogP contribution in [0.3, 0.4) is 0 Å². The van der Waals surface area contributed by atoms with Crippen molar-refractivity contribution in [1.29, 1.82) is 0 Å². The Labute approximate surface area is 192 Å². The van der Waals surface area contributed by atoms with Crippen molar-refractivity contribution < 1.29 is 9.59 Å². The maximum Gasteiger partial charge on any atom is 0.255 e. The molecule has 1 atom stereocenters. The normalized spacial score (nSPS) is 11.5. The van der Waals surface area contributed by atoms with E-state index in [1.807, 2.05) is 42.5 Å². The third kappa shape index (κ3) is 5.71. The Hall–Kier alpha value is -4.26.